The number of carbonyl (C=O) groups is 1. The molecule has 0 bridgehead atoms. The van der Waals surface area contributed by atoms with Gasteiger partial charge in [0.15, 0.2) is 0 Å². The average Bonchev–Trinajstić information content (AvgIpc) is 2.47. The highest BCUT2D eigenvalue weighted by Gasteiger charge is 2.15. The fourth-order valence-electron chi connectivity index (χ4n) is 2.44. The summed E-state index contributed by atoms with van der Waals surface area (Å²) in [4.78, 5) is 12.6. The van der Waals surface area contributed by atoms with Gasteiger partial charge in [-0.2, -0.15) is 0 Å². The molecular formula is C17H20N2OS. The van der Waals surface area contributed by atoms with E-state index in [-0.39, 0.29) is 11.9 Å². The van der Waals surface area contributed by atoms with Crippen molar-refractivity contribution in [1.82, 2.24) is 5.32 Å². The molecule has 0 aliphatic heterocycles. The lowest BCUT2D eigenvalue weighted by molar-refractivity contribution is -0.120. The van der Waals surface area contributed by atoms with E-state index < -0.39 is 0 Å². The number of thiocarbonyl (C=S) groups is 1. The maximum atomic E-state index is 12.2. The molecule has 0 aliphatic rings. The van der Waals surface area contributed by atoms with Crippen LogP contribution in [0.3, 0.4) is 0 Å². The maximum absolute atomic E-state index is 12.2. The predicted molar refractivity (Wildman–Crippen MR) is 91.3 cm³/mol. The average molecular weight is 300 g/mol. The van der Waals surface area contributed by atoms with Gasteiger partial charge in [0, 0.05) is 0 Å². The molecule has 21 heavy (non-hydrogen) atoms. The number of amides is 1. The van der Waals surface area contributed by atoms with Crippen molar-refractivity contribution in [2.75, 3.05) is 0 Å². The van der Waals surface area contributed by atoms with E-state index in [0.717, 1.165) is 29.2 Å². The Morgan fingerprint density at radius 3 is 2.67 bits per heavy atom. The molecule has 0 aromatic heterocycles. The fourth-order valence-corrected chi connectivity index (χ4v) is 2.62. The van der Waals surface area contributed by atoms with Crippen molar-refractivity contribution in [2.24, 2.45) is 5.73 Å². The van der Waals surface area contributed by atoms with Crippen LogP contribution in [-0.4, -0.2) is 16.9 Å². The molecule has 0 fully saturated rings. The van der Waals surface area contributed by atoms with E-state index in [4.69, 9.17) is 18.0 Å². The van der Waals surface area contributed by atoms with E-state index in [1.54, 1.807) is 0 Å². The molecule has 0 radical (unpaired) electrons. The minimum Gasteiger partial charge on any atom is -0.392 e. The second kappa shape index (κ2) is 7.18. The van der Waals surface area contributed by atoms with Gasteiger partial charge in [0.2, 0.25) is 5.91 Å². The van der Waals surface area contributed by atoms with Crippen LogP contribution in [-0.2, 0) is 11.2 Å². The third-order valence-electron chi connectivity index (χ3n) is 3.49. The van der Waals surface area contributed by atoms with Crippen LogP contribution in [0.2, 0.25) is 0 Å². The number of rotatable bonds is 6. The van der Waals surface area contributed by atoms with Crippen LogP contribution in [0.1, 0.15) is 25.3 Å². The van der Waals surface area contributed by atoms with E-state index >= 15 is 0 Å². The lowest BCUT2D eigenvalue weighted by Crippen LogP contribution is -2.44. The summed E-state index contributed by atoms with van der Waals surface area (Å²) in [5, 5.41) is 5.18. The zero-order chi connectivity index (χ0) is 15.2. The zero-order valence-corrected chi connectivity index (χ0v) is 13.0. The number of hydrogen-bond acceptors (Lipinski definition) is 2. The molecule has 2 rings (SSSR count). The van der Waals surface area contributed by atoms with Gasteiger partial charge < -0.3 is 11.1 Å². The molecule has 0 saturated heterocycles. The smallest absolute Gasteiger partial charge is 0.225 e. The van der Waals surface area contributed by atoms with Crippen molar-refractivity contribution in [3.8, 4) is 0 Å². The topological polar surface area (TPSA) is 55.1 Å². The van der Waals surface area contributed by atoms with E-state index in [2.05, 4.69) is 5.32 Å². The molecule has 0 spiro atoms. The summed E-state index contributed by atoms with van der Waals surface area (Å²) in [6, 6.07) is 13.9. The molecule has 1 atom stereocenters. The Morgan fingerprint density at radius 2 is 1.95 bits per heavy atom. The van der Waals surface area contributed by atoms with Crippen LogP contribution in [0.5, 0.6) is 0 Å². The predicted octanol–water partition coefficient (Wildman–Crippen LogP) is 2.95. The largest absolute Gasteiger partial charge is 0.392 e. The van der Waals surface area contributed by atoms with Crippen LogP contribution >= 0.6 is 12.2 Å². The fraction of sp³-hybridized carbons (Fsp3) is 0.294. The second-order valence-electron chi connectivity index (χ2n) is 5.13. The number of benzene rings is 2. The summed E-state index contributed by atoms with van der Waals surface area (Å²) in [6.07, 6.45) is 2.04. The number of carbonyl (C=O) groups excluding carboxylic acids is 1. The second-order valence-corrected chi connectivity index (χ2v) is 5.60. The van der Waals surface area contributed by atoms with Gasteiger partial charge in [-0.1, -0.05) is 68.0 Å². The molecule has 0 heterocycles. The lowest BCUT2D eigenvalue weighted by Gasteiger charge is -2.17. The van der Waals surface area contributed by atoms with E-state index in [9.17, 15) is 4.79 Å². The van der Waals surface area contributed by atoms with Crippen molar-refractivity contribution >= 4 is 33.9 Å². The van der Waals surface area contributed by atoms with Crippen molar-refractivity contribution in [1.29, 1.82) is 0 Å². The summed E-state index contributed by atoms with van der Waals surface area (Å²) in [6.45, 7) is 2.04. The SMILES string of the molecule is CCCC(NC(=O)Cc1cccc2ccccc12)C(N)=S. The summed E-state index contributed by atoms with van der Waals surface area (Å²) in [5.74, 6) is -0.0439. The first-order valence-electron chi connectivity index (χ1n) is 7.17. The first-order chi connectivity index (χ1) is 10.1. The van der Waals surface area contributed by atoms with E-state index in [1.807, 2.05) is 49.4 Å². The minimum atomic E-state index is -0.215. The normalized spacial score (nSPS) is 12.0. The van der Waals surface area contributed by atoms with Gasteiger partial charge in [-0.15, -0.1) is 0 Å². The van der Waals surface area contributed by atoms with E-state index in [0.29, 0.717) is 11.4 Å². The van der Waals surface area contributed by atoms with Crippen molar-refractivity contribution in [3.05, 3.63) is 48.0 Å². The van der Waals surface area contributed by atoms with Crippen LogP contribution in [0.4, 0.5) is 0 Å². The quantitative estimate of drug-likeness (QED) is 0.806. The standard InChI is InChI=1S/C17H20N2OS/c1-2-6-15(17(18)21)19-16(20)11-13-9-5-8-12-7-3-4-10-14(12)13/h3-5,7-10,15H,2,6,11H2,1H3,(H2,18,21)(H,19,20). The number of nitrogens with one attached hydrogen (secondary N) is 1. The highest BCUT2D eigenvalue weighted by Crippen LogP contribution is 2.18. The molecule has 4 heteroatoms. The monoisotopic (exact) mass is 300 g/mol. The molecule has 3 nitrogen and oxygen atoms in total. The molecule has 2 aromatic rings. The summed E-state index contributed by atoms with van der Waals surface area (Å²) in [5.41, 5.74) is 6.69. The first kappa shape index (κ1) is 15.4. The molecule has 1 unspecified atom stereocenters. The summed E-state index contributed by atoms with van der Waals surface area (Å²) >= 11 is 5.01. The van der Waals surface area contributed by atoms with Gasteiger partial charge >= 0.3 is 0 Å². The molecule has 110 valence electrons. The number of fused-ring (bicyclic) bond motifs is 1. The van der Waals surface area contributed by atoms with Crippen molar-refractivity contribution < 1.29 is 4.79 Å². The molecule has 2 aromatic carbocycles. The highest BCUT2D eigenvalue weighted by molar-refractivity contribution is 7.80. The van der Waals surface area contributed by atoms with Gasteiger partial charge in [-0.25, -0.2) is 0 Å². The van der Waals surface area contributed by atoms with Gasteiger partial charge in [-0.05, 0) is 22.8 Å². The highest BCUT2D eigenvalue weighted by atomic mass is 32.1. The molecule has 3 N–H and O–H groups in total. The minimum absolute atomic E-state index is 0.0439. The Labute approximate surface area is 130 Å². The molecule has 1 amide bonds. The van der Waals surface area contributed by atoms with Crippen molar-refractivity contribution in [2.45, 2.75) is 32.2 Å². The first-order valence-corrected chi connectivity index (χ1v) is 7.58. The van der Waals surface area contributed by atoms with Gasteiger partial charge in [0.1, 0.15) is 0 Å². The van der Waals surface area contributed by atoms with Crippen LogP contribution in [0.25, 0.3) is 10.8 Å². The van der Waals surface area contributed by atoms with Gasteiger partial charge in [0.25, 0.3) is 0 Å². The Morgan fingerprint density at radius 1 is 1.24 bits per heavy atom. The Bertz CT molecular complexity index is 649. The van der Waals surface area contributed by atoms with Gasteiger partial charge in [-0.3, -0.25) is 4.79 Å². The van der Waals surface area contributed by atoms with Gasteiger partial charge in [0.05, 0.1) is 17.5 Å². The Hall–Kier alpha value is -1.94. The maximum Gasteiger partial charge on any atom is 0.225 e. The Kier molecular flexibility index (Phi) is 5.28. The van der Waals surface area contributed by atoms with Crippen molar-refractivity contribution in [3.63, 3.8) is 0 Å². The lowest BCUT2D eigenvalue weighted by atomic mass is 10.0. The summed E-state index contributed by atoms with van der Waals surface area (Å²) in [7, 11) is 0. The number of hydrogen-bond donors (Lipinski definition) is 2. The summed E-state index contributed by atoms with van der Waals surface area (Å²) < 4.78 is 0. The van der Waals surface area contributed by atoms with Crippen LogP contribution < -0.4 is 11.1 Å². The zero-order valence-electron chi connectivity index (χ0n) is 12.1. The third kappa shape index (κ3) is 4.02. The Balaban J connectivity index is 2.13. The van der Waals surface area contributed by atoms with Crippen LogP contribution in [0, 0.1) is 0 Å². The molecule has 0 saturated carbocycles. The third-order valence-corrected chi connectivity index (χ3v) is 3.77. The molecule has 0 aliphatic carbocycles. The number of nitrogens with two attached hydrogens (primary N) is 1. The molecular weight excluding hydrogens is 280 g/mol. The van der Waals surface area contributed by atoms with E-state index in [1.165, 1.54) is 0 Å². The van der Waals surface area contributed by atoms with Crippen LogP contribution in [0.15, 0.2) is 42.5 Å².